The Bertz CT molecular complexity index is 446. The molecule has 0 aliphatic rings. The predicted octanol–water partition coefficient (Wildman–Crippen LogP) is -0.120. The number of amides is 2. The number of nitrogens with one attached hydrogen (secondary N) is 2. The summed E-state index contributed by atoms with van der Waals surface area (Å²) >= 11 is 0. The third-order valence-corrected chi connectivity index (χ3v) is 2.58. The van der Waals surface area contributed by atoms with Crippen LogP contribution in [0.3, 0.4) is 0 Å². The maximum atomic E-state index is 11.6. The molecular weight excluding hydrogens is 252 g/mol. The van der Waals surface area contributed by atoms with Gasteiger partial charge in [-0.3, -0.25) is 4.68 Å². The molecule has 0 fully saturated rings. The van der Waals surface area contributed by atoms with E-state index in [0.717, 1.165) is 5.56 Å². The van der Waals surface area contributed by atoms with E-state index in [4.69, 9.17) is 9.84 Å². The minimum Gasteiger partial charge on any atom is -0.479 e. The van der Waals surface area contributed by atoms with Crippen molar-refractivity contribution in [1.82, 2.24) is 20.4 Å². The number of aromatic nitrogens is 2. The second kappa shape index (κ2) is 6.74. The Morgan fingerprint density at radius 2 is 2.26 bits per heavy atom. The molecule has 0 saturated carbocycles. The molecule has 0 aliphatic carbocycles. The number of hydrogen-bond donors (Lipinski definition) is 3. The van der Waals surface area contributed by atoms with Crippen molar-refractivity contribution >= 4 is 12.0 Å². The number of carboxylic acid groups (broad SMARTS) is 1. The van der Waals surface area contributed by atoms with Crippen LogP contribution in [-0.2, 0) is 16.6 Å². The van der Waals surface area contributed by atoms with E-state index >= 15 is 0 Å². The quantitative estimate of drug-likeness (QED) is 0.668. The van der Waals surface area contributed by atoms with Crippen LogP contribution in [0.15, 0.2) is 12.4 Å². The van der Waals surface area contributed by atoms with Crippen LogP contribution in [0.25, 0.3) is 0 Å². The smallest absolute Gasteiger partial charge is 0.334 e. The topological polar surface area (TPSA) is 105 Å². The van der Waals surface area contributed by atoms with Crippen LogP contribution in [0, 0.1) is 0 Å². The van der Waals surface area contributed by atoms with Crippen molar-refractivity contribution in [1.29, 1.82) is 0 Å². The van der Waals surface area contributed by atoms with Crippen molar-refractivity contribution in [3.63, 3.8) is 0 Å². The zero-order valence-electron chi connectivity index (χ0n) is 11.1. The fourth-order valence-electron chi connectivity index (χ4n) is 1.45. The van der Waals surface area contributed by atoms with Gasteiger partial charge in [-0.15, -0.1) is 0 Å². The molecule has 106 valence electrons. The van der Waals surface area contributed by atoms with Crippen LogP contribution in [0.2, 0.25) is 0 Å². The Balaban J connectivity index is 2.41. The molecule has 2 atom stereocenters. The van der Waals surface area contributed by atoms with Gasteiger partial charge in [0.05, 0.1) is 18.8 Å². The first-order valence-corrected chi connectivity index (χ1v) is 5.72. The maximum Gasteiger partial charge on any atom is 0.334 e. The lowest BCUT2D eigenvalue weighted by molar-refractivity contribution is -0.147. The van der Waals surface area contributed by atoms with E-state index in [2.05, 4.69) is 15.7 Å². The molecule has 0 aromatic carbocycles. The van der Waals surface area contributed by atoms with Crippen LogP contribution < -0.4 is 10.6 Å². The van der Waals surface area contributed by atoms with Crippen LogP contribution in [0.1, 0.15) is 18.5 Å². The fraction of sp³-hybridized carbons (Fsp3) is 0.545. The van der Waals surface area contributed by atoms with Gasteiger partial charge in [0.1, 0.15) is 0 Å². The van der Waals surface area contributed by atoms with E-state index in [1.54, 1.807) is 24.1 Å². The van der Waals surface area contributed by atoms with Crippen LogP contribution in [0.4, 0.5) is 4.79 Å². The lowest BCUT2D eigenvalue weighted by Gasteiger charge is -2.15. The van der Waals surface area contributed by atoms with E-state index < -0.39 is 18.1 Å². The van der Waals surface area contributed by atoms with Crippen LogP contribution in [0.5, 0.6) is 0 Å². The average molecular weight is 270 g/mol. The van der Waals surface area contributed by atoms with Crippen LogP contribution >= 0.6 is 0 Å². The molecule has 1 aromatic rings. The van der Waals surface area contributed by atoms with Gasteiger partial charge in [-0.25, -0.2) is 9.59 Å². The second-order valence-electron chi connectivity index (χ2n) is 4.09. The highest BCUT2D eigenvalue weighted by Gasteiger charge is 2.18. The first-order chi connectivity index (χ1) is 8.93. The molecule has 1 rings (SSSR count). The Morgan fingerprint density at radius 3 is 2.74 bits per heavy atom. The molecule has 0 spiro atoms. The van der Waals surface area contributed by atoms with Gasteiger partial charge in [-0.05, 0) is 6.92 Å². The summed E-state index contributed by atoms with van der Waals surface area (Å²) in [4.78, 5) is 22.3. The molecule has 1 aromatic heterocycles. The molecule has 8 heteroatoms. The summed E-state index contributed by atoms with van der Waals surface area (Å²) in [6.07, 6.45) is 2.39. The summed E-state index contributed by atoms with van der Waals surface area (Å²) in [5.41, 5.74) is 0.860. The minimum absolute atomic E-state index is 0.0998. The van der Waals surface area contributed by atoms with Gasteiger partial charge in [0.2, 0.25) is 0 Å². The van der Waals surface area contributed by atoms with Crippen molar-refractivity contribution in [2.24, 2.45) is 7.05 Å². The second-order valence-corrected chi connectivity index (χ2v) is 4.09. The summed E-state index contributed by atoms with van der Waals surface area (Å²) in [5.74, 6) is -1.12. The average Bonchev–Trinajstić information content (AvgIpc) is 2.76. The number of aliphatic carboxylic acids is 1. The molecular formula is C11H18N4O4. The molecule has 0 radical (unpaired) electrons. The van der Waals surface area contributed by atoms with Gasteiger partial charge in [0, 0.05) is 25.9 Å². The van der Waals surface area contributed by atoms with Crippen molar-refractivity contribution < 1.29 is 19.4 Å². The van der Waals surface area contributed by atoms with Gasteiger partial charge in [0.25, 0.3) is 0 Å². The first-order valence-electron chi connectivity index (χ1n) is 5.72. The highest BCUT2D eigenvalue weighted by Crippen LogP contribution is 2.09. The van der Waals surface area contributed by atoms with Crippen molar-refractivity contribution in [3.05, 3.63) is 18.0 Å². The number of rotatable bonds is 6. The lowest BCUT2D eigenvalue weighted by Crippen LogP contribution is -2.43. The molecule has 3 N–H and O–H groups in total. The third-order valence-electron chi connectivity index (χ3n) is 2.58. The number of carbonyl (C=O) groups is 2. The fourth-order valence-corrected chi connectivity index (χ4v) is 1.45. The highest BCUT2D eigenvalue weighted by atomic mass is 16.5. The molecule has 2 amide bonds. The maximum absolute atomic E-state index is 11.6. The summed E-state index contributed by atoms with van der Waals surface area (Å²) in [5, 5.41) is 17.9. The monoisotopic (exact) mass is 270 g/mol. The largest absolute Gasteiger partial charge is 0.479 e. The van der Waals surface area contributed by atoms with Crippen LogP contribution in [-0.4, -0.2) is 46.6 Å². The number of nitrogens with zero attached hydrogens (tertiary/aromatic N) is 2. The van der Waals surface area contributed by atoms with Gasteiger partial charge in [0.15, 0.2) is 6.10 Å². The van der Waals surface area contributed by atoms with Crippen molar-refractivity contribution in [3.8, 4) is 0 Å². The lowest BCUT2D eigenvalue weighted by atomic mass is 10.2. The molecule has 8 nitrogen and oxygen atoms in total. The highest BCUT2D eigenvalue weighted by molar-refractivity contribution is 5.77. The molecule has 0 aliphatic heterocycles. The summed E-state index contributed by atoms with van der Waals surface area (Å²) in [6.45, 7) is 1.71. The van der Waals surface area contributed by atoms with E-state index in [0.29, 0.717) is 0 Å². The van der Waals surface area contributed by atoms with Crippen molar-refractivity contribution in [2.45, 2.75) is 19.1 Å². The summed E-state index contributed by atoms with van der Waals surface area (Å²) < 4.78 is 6.34. The Labute approximate surface area is 110 Å². The SMILES string of the molecule is COC(CNC(=O)NC(C)c1cnn(C)c1)C(=O)O. The number of urea groups is 1. The molecule has 19 heavy (non-hydrogen) atoms. The van der Waals surface area contributed by atoms with E-state index in [1.807, 2.05) is 6.92 Å². The molecule has 2 unspecified atom stereocenters. The summed E-state index contributed by atoms with van der Waals surface area (Å²) in [7, 11) is 3.06. The van der Waals surface area contributed by atoms with Gasteiger partial charge in [-0.1, -0.05) is 0 Å². The third kappa shape index (κ3) is 4.59. The van der Waals surface area contributed by atoms with E-state index in [9.17, 15) is 9.59 Å². The predicted molar refractivity (Wildman–Crippen MR) is 66.6 cm³/mol. The number of methoxy groups -OCH3 is 1. The minimum atomic E-state index is -1.12. The van der Waals surface area contributed by atoms with E-state index in [1.165, 1.54) is 7.11 Å². The molecule has 0 saturated heterocycles. The van der Waals surface area contributed by atoms with Gasteiger partial charge >= 0.3 is 12.0 Å². The van der Waals surface area contributed by atoms with Crippen molar-refractivity contribution in [2.75, 3.05) is 13.7 Å². The number of aryl methyl sites for hydroxylation is 1. The summed E-state index contributed by atoms with van der Waals surface area (Å²) in [6, 6.07) is -0.681. The number of carbonyl (C=O) groups excluding carboxylic acids is 1. The number of ether oxygens (including phenoxy) is 1. The normalized spacial score (nSPS) is 13.6. The zero-order chi connectivity index (χ0) is 14.4. The first kappa shape index (κ1) is 15.0. The Morgan fingerprint density at radius 1 is 1.58 bits per heavy atom. The molecule has 0 bridgehead atoms. The van der Waals surface area contributed by atoms with E-state index in [-0.39, 0.29) is 12.6 Å². The zero-order valence-corrected chi connectivity index (χ0v) is 11.1. The Hall–Kier alpha value is -2.09. The molecule has 1 heterocycles. The number of hydrogen-bond acceptors (Lipinski definition) is 4. The van der Waals surface area contributed by atoms with Gasteiger partial charge < -0.3 is 20.5 Å². The number of carboxylic acids is 1. The Kier molecular flexibility index (Phi) is 5.31. The van der Waals surface area contributed by atoms with Gasteiger partial charge in [-0.2, -0.15) is 5.10 Å². The standard InChI is InChI=1S/C11H18N4O4/c1-7(8-4-13-15(2)6-8)14-11(18)12-5-9(19-3)10(16)17/h4,6-7,9H,5H2,1-3H3,(H,16,17)(H2,12,14,18).